The van der Waals surface area contributed by atoms with Gasteiger partial charge in [-0.1, -0.05) is 31.2 Å². The van der Waals surface area contributed by atoms with E-state index in [9.17, 15) is 19.5 Å². The van der Waals surface area contributed by atoms with Crippen molar-refractivity contribution in [1.29, 1.82) is 0 Å². The number of piperidine rings is 1. The van der Waals surface area contributed by atoms with Gasteiger partial charge in [-0.25, -0.2) is 9.59 Å². The molecule has 7 heteroatoms. The average Bonchev–Trinajstić information content (AvgIpc) is 2.53. The maximum atomic E-state index is 12.8. The Morgan fingerprint density at radius 3 is 2.64 bits per heavy atom. The van der Waals surface area contributed by atoms with Crippen molar-refractivity contribution in [2.45, 2.75) is 45.2 Å². The maximum Gasteiger partial charge on any atom is 0.326 e. The molecule has 0 saturated carbocycles. The van der Waals surface area contributed by atoms with E-state index in [0.29, 0.717) is 6.54 Å². The predicted octanol–water partition coefficient (Wildman–Crippen LogP) is 1.81. The van der Waals surface area contributed by atoms with Crippen molar-refractivity contribution >= 4 is 17.9 Å². The van der Waals surface area contributed by atoms with Gasteiger partial charge in [-0.3, -0.25) is 4.79 Å². The van der Waals surface area contributed by atoms with Gasteiger partial charge in [-0.2, -0.15) is 0 Å². The van der Waals surface area contributed by atoms with E-state index in [1.807, 2.05) is 38.1 Å². The first kappa shape index (κ1) is 18.8. The molecule has 1 aliphatic heterocycles. The normalized spacial score (nSPS) is 21.4. The predicted molar refractivity (Wildman–Crippen MR) is 92.8 cm³/mol. The van der Waals surface area contributed by atoms with Crippen LogP contribution in [0.3, 0.4) is 0 Å². The molecular formula is C18H25N3O4. The molecule has 25 heavy (non-hydrogen) atoms. The Hall–Kier alpha value is -2.57. The first-order valence-electron chi connectivity index (χ1n) is 8.45. The first-order valence-corrected chi connectivity index (χ1v) is 8.45. The van der Waals surface area contributed by atoms with Crippen LogP contribution in [-0.4, -0.2) is 40.5 Å². The molecular weight excluding hydrogens is 322 g/mol. The lowest BCUT2D eigenvalue weighted by molar-refractivity contribution is -0.154. The van der Waals surface area contributed by atoms with Gasteiger partial charge >= 0.3 is 12.0 Å². The highest BCUT2D eigenvalue weighted by Gasteiger charge is 2.37. The van der Waals surface area contributed by atoms with Crippen molar-refractivity contribution in [3.05, 3.63) is 35.4 Å². The number of nitrogens with two attached hydrogens (primary N) is 1. The molecule has 1 aromatic carbocycles. The number of aliphatic carboxylic acids is 1. The second-order valence-corrected chi connectivity index (χ2v) is 6.61. The highest BCUT2D eigenvalue weighted by molar-refractivity contribution is 5.85. The highest BCUT2D eigenvalue weighted by atomic mass is 16.4. The van der Waals surface area contributed by atoms with Crippen LogP contribution < -0.4 is 11.1 Å². The van der Waals surface area contributed by atoms with Gasteiger partial charge in [0.1, 0.15) is 6.04 Å². The summed E-state index contributed by atoms with van der Waals surface area (Å²) in [4.78, 5) is 37.2. The lowest BCUT2D eigenvalue weighted by Gasteiger charge is -2.38. The summed E-state index contributed by atoms with van der Waals surface area (Å²) in [6, 6.07) is 5.28. The minimum atomic E-state index is -0.990. The summed E-state index contributed by atoms with van der Waals surface area (Å²) in [5.41, 5.74) is 6.99. The van der Waals surface area contributed by atoms with Crippen LogP contribution in [0.4, 0.5) is 4.79 Å². The van der Waals surface area contributed by atoms with Crippen LogP contribution in [0.25, 0.3) is 0 Å². The quantitative estimate of drug-likeness (QED) is 0.754. The highest BCUT2D eigenvalue weighted by Crippen LogP contribution is 2.27. The van der Waals surface area contributed by atoms with E-state index < -0.39 is 24.1 Å². The molecule has 1 aliphatic rings. The monoisotopic (exact) mass is 347 g/mol. The summed E-state index contributed by atoms with van der Waals surface area (Å²) >= 11 is 0. The third kappa shape index (κ3) is 4.49. The van der Waals surface area contributed by atoms with Crippen LogP contribution in [0, 0.1) is 12.8 Å². The van der Waals surface area contributed by atoms with E-state index in [4.69, 9.17) is 5.73 Å². The van der Waals surface area contributed by atoms with Gasteiger partial charge in [-0.15, -0.1) is 0 Å². The van der Waals surface area contributed by atoms with Crippen molar-refractivity contribution in [3.8, 4) is 0 Å². The molecule has 0 aliphatic carbocycles. The number of carboxylic acid groups (broad SMARTS) is 1. The van der Waals surface area contributed by atoms with Crippen LogP contribution in [0.5, 0.6) is 0 Å². The molecule has 136 valence electrons. The van der Waals surface area contributed by atoms with E-state index in [1.165, 1.54) is 4.90 Å². The van der Waals surface area contributed by atoms with E-state index in [-0.39, 0.29) is 18.2 Å². The fourth-order valence-electron chi connectivity index (χ4n) is 3.52. The number of amides is 3. The molecule has 1 heterocycles. The van der Waals surface area contributed by atoms with Gasteiger partial charge in [0.05, 0.1) is 12.5 Å². The molecule has 1 saturated heterocycles. The van der Waals surface area contributed by atoms with Crippen LogP contribution in [0.15, 0.2) is 24.3 Å². The molecule has 0 radical (unpaired) electrons. The Balaban J connectivity index is 2.22. The molecule has 0 aromatic heterocycles. The SMILES string of the molecule is Cc1ccccc1C(CC(=O)N1CCCC(C)C1C(=O)O)NC(N)=O. The molecule has 3 unspecified atom stereocenters. The molecule has 3 atom stereocenters. The van der Waals surface area contributed by atoms with Crippen molar-refractivity contribution in [1.82, 2.24) is 10.2 Å². The van der Waals surface area contributed by atoms with Crippen molar-refractivity contribution in [2.75, 3.05) is 6.54 Å². The number of carbonyl (C=O) groups excluding carboxylic acids is 2. The third-order valence-electron chi connectivity index (χ3n) is 4.77. The first-order chi connectivity index (χ1) is 11.8. The number of nitrogens with one attached hydrogen (secondary N) is 1. The van der Waals surface area contributed by atoms with Gasteiger partial charge in [-0.05, 0) is 36.8 Å². The lowest BCUT2D eigenvalue weighted by Crippen LogP contribution is -2.52. The van der Waals surface area contributed by atoms with Gasteiger partial charge in [0.25, 0.3) is 0 Å². The Labute approximate surface area is 147 Å². The summed E-state index contributed by atoms with van der Waals surface area (Å²) in [5, 5.41) is 12.1. The summed E-state index contributed by atoms with van der Waals surface area (Å²) in [7, 11) is 0. The average molecular weight is 347 g/mol. The van der Waals surface area contributed by atoms with E-state index >= 15 is 0 Å². The molecule has 7 nitrogen and oxygen atoms in total. The molecule has 2 rings (SSSR count). The fraction of sp³-hybridized carbons (Fsp3) is 0.500. The van der Waals surface area contributed by atoms with E-state index in [1.54, 1.807) is 0 Å². The van der Waals surface area contributed by atoms with Crippen LogP contribution >= 0.6 is 0 Å². The zero-order valence-electron chi connectivity index (χ0n) is 14.6. The van der Waals surface area contributed by atoms with Crippen molar-refractivity contribution < 1.29 is 19.5 Å². The van der Waals surface area contributed by atoms with Gasteiger partial charge in [0.15, 0.2) is 0 Å². The summed E-state index contributed by atoms with van der Waals surface area (Å²) in [6.07, 6.45) is 1.53. The van der Waals surface area contributed by atoms with Crippen molar-refractivity contribution in [3.63, 3.8) is 0 Å². The molecule has 1 fully saturated rings. The molecule has 1 aromatic rings. The largest absolute Gasteiger partial charge is 0.480 e. The number of hydrogen-bond acceptors (Lipinski definition) is 3. The smallest absolute Gasteiger partial charge is 0.326 e. The zero-order chi connectivity index (χ0) is 18.6. The number of likely N-dealkylation sites (tertiary alicyclic amines) is 1. The van der Waals surface area contributed by atoms with Crippen LogP contribution in [-0.2, 0) is 9.59 Å². The standard InChI is InChI=1S/C18H25N3O4/c1-11-6-3-4-8-13(11)14(20-18(19)25)10-15(22)21-9-5-7-12(2)16(21)17(23)24/h3-4,6,8,12,14,16H,5,7,9-10H2,1-2H3,(H,23,24)(H3,19,20,25). The number of carbonyl (C=O) groups is 3. The van der Waals surface area contributed by atoms with Gasteiger partial charge in [0.2, 0.25) is 5.91 Å². The minimum Gasteiger partial charge on any atom is -0.480 e. The molecule has 4 N–H and O–H groups in total. The number of benzene rings is 1. The molecule has 0 spiro atoms. The fourth-order valence-corrected chi connectivity index (χ4v) is 3.52. The molecule has 0 bridgehead atoms. The number of carboxylic acids is 1. The van der Waals surface area contributed by atoms with Gasteiger partial charge in [0, 0.05) is 6.54 Å². The second-order valence-electron chi connectivity index (χ2n) is 6.61. The summed E-state index contributed by atoms with van der Waals surface area (Å²) in [5.74, 6) is -1.38. The second kappa shape index (κ2) is 8.00. The maximum absolute atomic E-state index is 12.8. The Morgan fingerprint density at radius 2 is 2.04 bits per heavy atom. The summed E-state index contributed by atoms with van der Waals surface area (Å²) < 4.78 is 0. The van der Waals surface area contributed by atoms with Crippen molar-refractivity contribution in [2.24, 2.45) is 11.7 Å². The van der Waals surface area contributed by atoms with Gasteiger partial charge < -0.3 is 21.1 Å². The van der Waals surface area contributed by atoms with Crippen LogP contribution in [0.2, 0.25) is 0 Å². The Morgan fingerprint density at radius 1 is 1.36 bits per heavy atom. The number of aryl methyl sites for hydroxylation is 1. The molecule has 3 amide bonds. The number of urea groups is 1. The Kier molecular flexibility index (Phi) is 6.01. The number of primary amides is 1. The zero-order valence-corrected chi connectivity index (χ0v) is 14.6. The number of rotatable bonds is 5. The Bertz CT molecular complexity index is 661. The van der Waals surface area contributed by atoms with E-state index in [0.717, 1.165) is 24.0 Å². The number of hydrogen-bond donors (Lipinski definition) is 3. The minimum absolute atomic E-state index is 0.0235. The van der Waals surface area contributed by atoms with E-state index in [2.05, 4.69) is 5.32 Å². The summed E-state index contributed by atoms with van der Waals surface area (Å²) in [6.45, 7) is 4.15. The lowest BCUT2D eigenvalue weighted by atomic mass is 9.90. The number of nitrogens with zero attached hydrogens (tertiary/aromatic N) is 1. The topological polar surface area (TPSA) is 113 Å². The van der Waals surface area contributed by atoms with Crippen LogP contribution in [0.1, 0.15) is 43.4 Å². The third-order valence-corrected chi connectivity index (χ3v) is 4.77.